The third-order valence-electron chi connectivity index (χ3n) is 6.28. The molecule has 37 heavy (non-hydrogen) atoms. The predicted octanol–water partition coefficient (Wildman–Crippen LogP) is 5.29. The van der Waals surface area contributed by atoms with Crippen LogP contribution in [-0.4, -0.2) is 44.0 Å². The number of aromatic nitrogens is 5. The number of amides is 1. The molecule has 1 fully saturated rings. The van der Waals surface area contributed by atoms with Crippen LogP contribution in [0.3, 0.4) is 0 Å². The lowest BCUT2D eigenvalue weighted by molar-refractivity contribution is -0.137. The first-order valence-corrected chi connectivity index (χ1v) is 11.9. The second-order valence-electron chi connectivity index (χ2n) is 8.91. The van der Waals surface area contributed by atoms with Crippen molar-refractivity contribution in [2.75, 3.05) is 23.3 Å². The molecule has 0 spiro atoms. The molecule has 8 nitrogen and oxygen atoms in total. The Morgan fingerprint density at radius 1 is 1.03 bits per heavy atom. The van der Waals surface area contributed by atoms with Gasteiger partial charge in [-0.3, -0.25) is 9.78 Å². The molecule has 1 aliphatic heterocycles. The summed E-state index contributed by atoms with van der Waals surface area (Å²) in [5.41, 5.74) is 3.31. The molecule has 11 heteroatoms. The SMILES string of the molecule is Cc1ccc(C(=O)Nc2cc(C(F)(F)F)ccn2)cc1-n1cc(-c2cncc(N3CCCCC3)c2)nn1. The summed E-state index contributed by atoms with van der Waals surface area (Å²) in [6, 6.07) is 8.63. The van der Waals surface area contributed by atoms with Crippen molar-refractivity contribution >= 4 is 17.4 Å². The lowest BCUT2D eigenvalue weighted by Crippen LogP contribution is -2.29. The Labute approximate surface area is 211 Å². The summed E-state index contributed by atoms with van der Waals surface area (Å²) < 4.78 is 40.5. The Morgan fingerprint density at radius 3 is 2.62 bits per heavy atom. The molecular formula is C26H24F3N7O. The second-order valence-corrected chi connectivity index (χ2v) is 8.91. The molecule has 0 saturated carbocycles. The Balaban J connectivity index is 1.37. The number of alkyl halides is 3. The largest absolute Gasteiger partial charge is 0.416 e. The van der Waals surface area contributed by atoms with Crippen LogP contribution in [0.4, 0.5) is 24.7 Å². The lowest BCUT2D eigenvalue weighted by Gasteiger charge is -2.28. The number of carbonyl (C=O) groups is 1. The van der Waals surface area contributed by atoms with E-state index in [-0.39, 0.29) is 11.4 Å². The van der Waals surface area contributed by atoms with Crippen molar-refractivity contribution in [2.24, 2.45) is 0 Å². The average Bonchev–Trinajstić information content (AvgIpc) is 3.39. The molecule has 1 saturated heterocycles. The first kappa shape index (κ1) is 24.4. The number of nitrogens with one attached hydrogen (secondary N) is 1. The minimum atomic E-state index is -4.53. The number of halogens is 3. The summed E-state index contributed by atoms with van der Waals surface area (Å²) in [5, 5.41) is 11.0. The van der Waals surface area contributed by atoms with Gasteiger partial charge in [0.05, 0.1) is 29.3 Å². The number of benzene rings is 1. The molecule has 1 N–H and O–H groups in total. The van der Waals surface area contributed by atoms with Crippen molar-refractivity contribution in [3.63, 3.8) is 0 Å². The number of nitrogens with zero attached hydrogens (tertiary/aromatic N) is 6. The van der Waals surface area contributed by atoms with Crippen molar-refractivity contribution in [3.8, 4) is 16.9 Å². The fourth-order valence-corrected chi connectivity index (χ4v) is 4.27. The summed E-state index contributed by atoms with van der Waals surface area (Å²) in [7, 11) is 0. The molecule has 0 aliphatic carbocycles. The van der Waals surface area contributed by atoms with Gasteiger partial charge in [-0.05, 0) is 62.1 Å². The molecular weight excluding hydrogens is 483 g/mol. The molecule has 0 bridgehead atoms. The topological polar surface area (TPSA) is 88.8 Å². The minimum absolute atomic E-state index is 0.189. The molecule has 190 valence electrons. The van der Waals surface area contributed by atoms with Crippen LogP contribution in [0.5, 0.6) is 0 Å². The van der Waals surface area contributed by atoms with Gasteiger partial charge in [0, 0.05) is 36.6 Å². The molecule has 5 rings (SSSR count). The minimum Gasteiger partial charge on any atom is -0.370 e. The molecule has 0 unspecified atom stereocenters. The van der Waals surface area contributed by atoms with Crippen LogP contribution in [0.2, 0.25) is 0 Å². The van der Waals surface area contributed by atoms with Crippen LogP contribution in [0.1, 0.15) is 40.7 Å². The summed E-state index contributed by atoms with van der Waals surface area (Å²) in [4.78, 5) is 23.3. The van der Waals surface area contributed by atoms with E-state index in [0.29, 0.717) is 11.4 Å². The highest BCUT2D eigenvalue weighted by molar-refractivity contribution is 6.04. The van der Waals surface area contributed by atoms with E-state index in [1.54, 1.807) is 35.3 Å². The van der Waals surface area contributed by atoms with Gasteiger partial charge in [0.1, 0.15) is 11.5 Å². The average molecular weight is 508 g/mol. The van der Waals surface area contributed by atoms with Crippen molar-refractivity contribution < 1.29 is 18.0 Å². The zero-order valence-electron chi connectivity index (χ0n) is 20.0. The fraction of sp³-hybridized carbons (Fsp3) is 0.269. The van der Waals surface area contributed by atoms with Gasteiger partial charge < -0.3 is 10.2 Å². The Bertz CT molecular complexity index is 1430. The van der Waals surface area contributed by atoms with Crippen LogP contribution < -0.4 is 10.2 Å². The van der Waals surface area contributed by atoms with Crippen molar-refractivity contribution in [2.45, 2.75) is 32.4 Å². The quantitative estimate of drug-likeness (QED) is 0.395. The molecule has 1 aliphatic rings. The monoisotopic (exact) mass is 507 g/mol. The number of hydrogen-bond donors (Lipinski definition) is 1. The third kappa shape index (κ3) is 5.45. The Hall–Kier alpha value is -4.28. The van der Waals surface area contributed by atoms with E-state index < -0.39 is 17.6 Å². The summed E-state index contributed by atoms with van der Waals surface area (Å²) in [6.07, 6.45) is 5.38. The van der Waals surface area contributed by atoms with Gasteiger partial charge in [-0.25, -0.2) is 9.67 Å². The maximum atomic E-state index is 13.0. The van der Waals surface area contributed by atoms with E-state index in [9.17, 15) is 18.0 Å². The standard InChI is InChI=1S/C26H24F3N7O/c1-17-5-6-18(25(37)32-24-13-20(7-8-31-24)26(27,28)29)12-23(17)36-16-22(33-34-36)19-11-21(15-30-14-19)35-9-3-2-4-10-35/h5-8,11-16H,2-4,9-10H2,1H3,(H,31,32,37). The number of hydrogen-bond acceptors (Lipinski definition) is 6. The molecule has 4 aromatic rings. The van der Waals surface area contributed by atoms with E-state index >= 15 is 0 Å². The fourth-order valence-electron chi connectivity index (χ4n) is 4.27. The van der Waals surface area contributed by atoms with E-state index in [1.807, 2.05) is 19.2 Å². The lowest BCUT2D eigenvalue weighted by atomic mass is 10.1. The zero-order chi connectivity index (χ0) is 26.0. The summed E-state index contributed by atoms with van der Waals surface area (Å²) in [6.45, 7) is 3.87. The normalized spacial score (nSPS) is 14.0. The maximum absolute atomic E-state index is 13.0. The molecule has 0 atom stereocenters. The van der Waals surface area contributed by atoms with Crippen LogP contribution in [0.15, 0.2) is 61.2 Å². The molecule has 1 aromatic carbocycles. The van der Waals surface area contributed by atoms with E-state index in [4.69, 9.17) is 0 Å². The van der Waals surface area contributed by atoms with Gasteiger partial charge in [0.25, 0.3) is 5.91 Å². The number of pyridine rings is 2. The number of carbonyl (C=O) groups excluding carboxylic acids is 1. The highest BCUT2D eigenvalue weighted by atomic mass is 19.4. The Kier molecular flexibility index (Phi) is 6.60. The first-order valence-electron chi connectivity index (χ1n) is 11.9. The van der Waals surface area contributed by atoms with Gasteiger partial charge in [-0.1, -0.05) is 11.3 Å². The smallest absolute Gasteiger partial charge is 0.370 e. The second kappa shape index (κ2) is 10.00. The number of rotatable bonds is 5. The van der Waals surface area contributed by atoms with Crippen LogP contribution in [-0.2, 0) is 6.18 Å². The van der Waals surface area contributed by atoms with E-state index in [1.165, 1.54) is 6.42 Å². The number of aryl methyl sites for hydroxylation is 1. The molecule has 1 amide bonds. The number of piperidine rings is 1. The van der Waals surface area contributed by atoms with Crippen molar-refractivity contribution in [1.82, 2.24) is 25.0 Å². The number of anilines is 2. The highest BCUT2D eigenvalue weighted by Gasteiger charge is 2.31. The predicted molar refractivity (Wildman–Crippen MR) is 133 cm³/mol. The summed E-state index contributed by atoms with van der Waals surface area (Å²) in [5.74, 6) is -0.780. The Morgan fingerprint density at radius 2 is 1.84 bits per heavy atom. The van der Waals surface area contributed by atoms with Gasteiger partial charge in [0.2, 0.25) is 0 Å². The molecule has 4 heterocycles. The third-order valence-corrected chi connectivity index (χ3v) is 6.28. The maximum Gasteiger partial charge on any atom is 0.416 e. The van der Waals surface area contributed by atoms with Crippen molar-refractivity contribution in [3.05, 3.63) is 77.9 Å². The van der Waals surface area contributed by atoms with Crippen LogP contribution >= 0.6 is 0 Å². The molecule has 3 aromatic heterocycles. The summed E-state index contributed by atoms with van der Waals surface area (Å²) >= 11 is 0. The van der Waals surface area contributed by atoms with Gasteiger partial charge >= 0.3 is 6.18 Å². The van der Waals surface area contributed by atoms with E-state index in [0.717, 1.165) is 61.1 Å². The zero-order valence-corrected chi connectivity index (χ0v) is 20.0. The van der Waals surface area contributed by atoms with E-state index in [2.05, 4.69) is 30.5 Å². The molecule has 0 radical (unpaired) electrons. The first-order chi connectivity index (χ1) is 17.8. The van der Waals surface area contributed by atoms with Gasteiger partial charge in [-0.2, -0.15) is 13.2 Å². The highest BCUT2D eigenvalue weighted by Crippen LogP contribution is 2.30. The van der Waals surface area contributed by atoms with Crippen LogP contribution in [0.25, 0.3) is 16.9 Å². The van der Waals surface area contributed by atoms with Crippen molar-refractivity contribution in [1.29, 1.82) is 0 Å². The van der Waals surface area contributed by atoms with Gasteiger partial charge in [-0.15, -0.1) is 5.10 Å². The van der Waals surface area contributed by atoms with Crippen LogP contribution in [0, 0.1) is 6.92 Å². The van der Waals surface area contributed by atoms with Gasteiger partial charge in [0.15, 0.2) is 0 Å².